The first-order chi connectivity index (χ1) is 13.2. The largest absolute Gasteiger partial charge is 0.481 e. The van der Waals surface area contributed by atoms with Crippen molar-refractivity contribution >= 4 is 11.8 Å². The van der Waals surface area contributed by atoms with Crippen LogP contribution in [0.15, 0.2) is 29.5 Å². The van der Waals surface area contributed by atoms with Gasteiger partial charge in [0.15, 0.2) is 0 Å². The van der Waals surface area contributed by atoms with Gasteiger partial charge >= 0.3 is 5.97 Å². The van der Waals surface area contributed by atoms with E-state index in [-0.39, 0.29) is 30.5 Å². The normalized spacial score (nSPS) is 24.2. The van der Waals surface area contributed by atoms with Gasteiger partial charge in [-0.2, -0.15) is 0 Å². The molecule has 1 rings (SSSR count). The van der Waals surface area contributed by atoms with Crippen LogP contribution >= 0.6 is 0 Å². The highest BCUT2D eigenvalue weighted by atomic mass is 16.4. The maximum Gasteiger partial charge on any atom is 0.303 e. The zero-order valence-electron chi connectivity index (χ0n) is 17.5. The zero-order valence-corrected chi connectivity index (χ0v) is 17.5. The number of unbranched alkanes of at least 4 members (excludes halogenated alkanes) is 2. The Morgan fingerprint density at radius 3 is 2.71 bits per heavy atom. The first-order valence-corrected chi connectivity index (χ1v) is 10.4. The van der Waals surface area contributed by atoms with Crippen LogP contribution in [0.5, 0.6) is 0 Å². The molecular weight excluding hydrogens is 356 g/mol. The Hall–Kier alpha value is -1.68. The standard InChI is InChI=1S/C23H36O5/c1-4-5-13-23(3,28)14-9-11-18-19(21(25)16-20(18)24)15-17(2)10-7-6-8-12-22(26)27/h7,9,11,18-20,24,28H,4-6,8,12-16H2,1-3H3,(H,26,27)/b11-9+. The van der Waals surface area contributed by atoms with E-state index >= 15 is 0 Å². The van der Waals surface area contributed by atoms with Gasteiger partial charge in [-0.1, -0.05) is 31.9 Å². The molecule has 0 saturated heterocycles. The van der Waals surface area contributed by atoms with E-state index in [0.717, 1.165) is 24.8 Å². The number of Topliss-reactive ketones (excluding diaryl/α,β-unsaturated/α-hetero) is 1. The van der Waals surface area contributed by atoms with E-state index in [1.165, 1.54) is 0 Å². The molecule has 5 nitrogen and oxygen atoms in total. The highest BCUT2D eigenvalue weighted by molar-refractivity contribution is 5.85. The van der Waals surface area contributed by atoms with Crippen molar-refractivity contribution in [2.45, 2.75) is 90.3 Å². The fourth-order valence-corrected chi connectivity index (χ4v) is 3.62. The number of carboxylic acid groups (broad SMARTS) is 1. The van der Waals surface area contributed by atoms with Crippen LogP contribution in [0.4, 0.5) is 0 Å². The number of carbonyl (C=O) groups excluding carboxylic acids is 1. The molecule has 1 saturated carbocycles. The first kappa shape index (κ1) is 24.4. The van der Waals surface area contributed by atoms with Gasteiger partial charge in [0, 0.05) is 24.7 Å². The number of aliphatic hydroxyl groups is 2. The summed E-state index contributed by atoms with van der Waals surface area (Å²) in [6.45, 7) is 5.82. The van der Waals surface area contributed by atoms with Crippen LogP contribution in [0.1, 0.15) is 78.6 Å². The molecule has 1 fully saturated rings. The molecule has 0 heterocycles. The highest BCUT2D eigenvalue weighted by Crippen LogP contribution is 2.35. The Labute approximate surface area is 168 Å². The molecule has 0 spiro atoms. The van der Waals surface area contributed by atoms with Gasteiger partial charge in [-0.05, 0) is 57.6 Å². The fraction of sp³-hybridized carbons (Fsp3) is 0.696. The van der Waals surface area contributed by atoms with Crippen LogP contribution < -0.4 is 0 Å². The van der Waals surface area contributed by atoms with Crippen LogP contribution in [0.3, 0.4) is 0 Å². The van der Waals surface area contributed by atoms with Crippen molar-refractivity contribution in [3.05, 3.63) is 29.5 Å². The quantitative estimate of drug-likeness (QED) is 0.263. The summed E-state index contributed by atoms with van der Waals surface area (Å²) in [5.74, 6) is -1.25. The van der Waals surface area contributed by atoms with Gasteiger partial charge in [0.05, 0.1) is 11.7 Å². The number of carbonyl (C=O) groups is 2. The van der Waals surface area contributed by atoms with Gasteiger partial charge in [-0.3, -0.25) is 9.59 Å². The van der Waals surface area contributed by atoms with E-state index in [1.54, 1.807) is 0 Å². The molecule has 1 aliphatic carbocycles. The van der Waals surface area contributed by atoms with E-state index in [2.05, 4.69) is 12.7 Å². The zero-order chi connectivity index (χ0) is 21.2. The summed E-state index contributed by atoms with van der Waals surface area (Å²) >= 11 is 0. The van der Waals surface area contributed by atoms with Crippen LogP contribution in [0, 0.1) is 11.8 Å². The van der Waals surface area contributed by atoms with E-state index in [0.29, 0.717) is 25.7 Å². The van der Waals surface area contributed by atoms with E-state index in [9.17, 15) is 19.8 Å². The molecule has 4 atom stereocenters. The SMILES string of the molecule is CCCCC(C)(O)C/C=C/C1C(O)CC(=O)C1CC(C)=C=CCCCC(=O)O. The molecule has 4 unspecified atom stereocenters. The molecule has 0 amide bonds. The van der Waals surface area contributed by atoms with Crippen LogP contribution in [0.25, 0.3) is 0 Å². The smallest absolute Gasteiger partial charge is 0.303 e. The van der Waals surface area contributed by atoms with Crippen molar-refractivity contribution in [3.63, 3.8) is 0 Å². The summed E-state index contributed by atoms with van der Waals surface area (Å²) in [5, 5.41) is 29.3. The van der Waals surface area contributed by atoms with Crippen molar-refractivity contribution in [1.82, 2.24) is 0 Å². The number of rotatable bonds is 12. The molecule has 5 heteroatoms. The average molecular weight is 393 g/mol. The molecule has 0 aromatic heterocycles. The minimum atomic E-state index is -0.803. The Balaban J connectivity index is 2.67. The van der Waals surface area contributed by atoms with E-state index in [1.807, 2.05) is 32.1 Å². The maximum atomic E-state index is 12.3. The molecule has 158 valence electrons. The Morgan fingerprint density at radius 2 is 2.07 bits per heavy atom. The number of hydrogen-bond acceptors (Lipinski definition) is 4. The molecule has 28 heavy (non-hydrogen) atoms. The number of ketones is 1. The van der Waals surface area contributed by atoms with Crippen molar-refractivity contribution in [3.8, 4) is 0 Å². The Bertz CT molecular complexity index is 610. The summed E-state index contributed by atoms with van der Waals surface area (Å²) in [5.41, 5.74) is 3.31. The predicted octanol–water partition coefficient (Wildman–Crippen LogP) is 4.19. The summed E-state index contributed by atoms with van der Waals surface area (Å²) in [4.78, 5) is 22.8. The maximum absolute atomic E-state index is 12.3. The van der Waals surface area contributed by atoms with Gasteiger partial charge in [0.2, 0.25) is 0 Å². The lowest BCUT2D eigenvalue weighted by atomic mass is 9.87. The lowest BCUT2D eigenvalue weighted by Gasteiger charge is -2.22. The van der Waals surface area contributed by atoms with Gasteiger partial charge < -0.3 is 15.3 Å². The van der Waals surface area contributed by atoms with Gasteiger partial charge in [0.1, 0.15) is 5.78 Å². The third-order valence-electron chi connectivity index (χ3n) is 5.33. The number of hydrogen-bond donors (Lipinski definition) is 3. The second kappa shape index (κ2) is 12.0. The van der Waals surface area contributed by atoms with Crippen molar-refractivity contribution in [2.24, 2.45) is 11.8 Å². The average Bonchev–Trinajstić information content (AvgIpc) is 2.86. The molecule has 1 aliphatic rings. The third kappa shape index (κ3) is 9.01. The van der Waals surface area contributed by atoms with E-state index < -0.39 is 17.7 Å². The van der Waals surface area contributed by atoms with Crippen LogP contribution in [-0.4, -0.2) is 38.8 Å². The summed E-state index contributed by atoms with van der Waals surface area (Å²) in [7, 11) is 0. The lowest BCUT2D eigenvalue weighted by molar-refractivity contribution is -0.137. The third-order valence-corrected chi connectivity index (χ3v) is 5.33. The minimum Gasteiger partial charge on any atom is -0.481 e. The van der Waals surface area contributed by atoms with E-state index in [4.69, 9.17) is 5.11 Å². The van der Waals surface area contributed by atoms with Crippen molar-refractivity contribution < 1.29 is 24.9 Å². The van der Waals surface area contributed by atoms with Gasteiger partial charge in [-0.25, -0.2) is 0 Å². The molecule has 0 bridgehead atoms. The summed E-state index contributed by atoms with van der Waals surface area (Å²) < 4.78 is 0. The van der Waals surface area contributed by atoms with Crippen molar-refractivity contribution in [2.75, 3.05) is 0 Å². The summed E-state index contributed by atoms with van der Waals surface area (Å²) in [6.07, 6.45) is 10.2. The predicted molar refractivity (Wildman–Crippen MR) is 110 cm³/mol. The second-order valence-electron chi connectivity index (χ2n) is 8.27. The first-order valence-electron chi connectivity index (χ1n) is 10.4. The highest BCUT2D eigenvalue weighted by Gasteiger charge is 2.39. The molecule has 0 aromatic carbocycles. The number of allylic oxidation sites excluding steroid dienone is 1. The van der Waals surface area contributed by atoms with Crippen LogP contribution in [-0.2, 0) is 9.59 Å². The Kier molecular flexibility index (Phi) is 10.4. The van der Waals surface area contributed by atoms with Crippen molar-refractivity contribution in [1.29, 1.82) is 0 Å². The molecule has 0 aromatic rings. The molecular formula is C23H36O5. The summed E-state index contributed by atoms with van der Waals surface area (Å²) in [6, 6.07) is 0. The molecule has 3 N–H and O–H groups in total. The molecule has 0 radical (unpaired) electrons. The second-order valence-corrected chi connectivity index (χ2v) is 8.27. The monoisotopic (exact) mass is 392 g/mol. The number of carboxylic acids is 1. The minimum absolute atomic E-state index is 0.0620. The number of aliphatic carboxylic acids is 1. The van der Waals surface area contributed by atoms with Gasteiger partial charge in [0.25, 0.3) is 0 Å². The molecule has 0 aliphatic heterocycles. The van der Waals surface area contributed by atoms with Crippen LogP contribution in [0.2, 0.25) is 0 Å². The number of aliphatic hydroxyl groups excluding tert-OH is 1. The topological polar surface area (TPSA) is 94.8 Å². The Morgan fingerprint density at radius 1 is 1.36 bits per heavy atom. The van der Waals surface area contributed by atoms with Gasteiger partial charge in [-0.15, -0.1) is 5.73 Å². The fourth-order valence-electron chi connectivity index (χ4n) is 3.62. The lowest BCUT2D eigenvalue weighted by Crippen LogP contribution is -2.23.